The largest absolute Gasteiger partial charge is 0.441 e. The van der Waals surface area contributed by atoms with Crippen LogP contribution in [-0.2, 0) is 14.3 Å². The van der Waals surface area contributed by atoms with Crippen molar-refractivity contribution in [1.29, 1.82) is 0 Å². The summed E-state index contributed by atoms with van der Waals surface area (Å²) >= 11 is 0. The molecule has 1 amide bonds. The second-order valence-corrected chi connectivity index (χ2v) is 4.75. The van der Waals surface area contributed by atoms with E-state index in [4.69, 9.17) is 4.74 Å². The Bertz CT molecular complexity index is 316. The van der Waals surface area contributed by atoms with Gasteiger partial charge in [0.1, 0.15) is 0 Å². The van der Waals surface area contributed by atoms with Gasteiger partial charge in [0.05, 0.1) is 0 Å². The SMILES string of the molecule is C=CC(=O)OCNC(=O)C12CCC(CC1)C2. The molecule has 2 fully saturated rings. The summed E-state index contributed by atoms with van der Waals surface area (Å²) in [6.45, 7) is 3.24. The standard InChI is InChI=1S/C12H17NO3/c1-2-10(14)16-8-13-11(15)12-5-3-9(7-12)4-6-12/h2,9H,1,3-8H2,(H,13,15). The number of ether oxygens (including phenoxy) is 1. The van der Waals surface area contributed by atoms with Crippen LogP contribution in [0.1, 0.15) is 32.1 Å². The quantitative estimate of drug-likeness (QED) is 0.445. The van der Waals surface area contributed by atoms with Crippen molar-refractivity contribution in [2.45, 2.75) is 32.1 Å². The van der Waals surface area contributed by atoms with E-state index in [0.29, 0.717) is 0 Å². The van der Waals surface area contributed by atoms with Gasteiger partial charge in [0, 0.05) is 11.5 Å². The van der Waals surface area contributed by atoms with Gasteiger partial charge in [-0.05, 0) is 38.0 Å². The second kappa shape index (κ2) is 4.28. The van der Waals surface area contributed by atoms with Gasteiger partial charge < -0.3 is 10.1 Å². The van der Waals surface area contributed by atoms with E-state index in [1.807, 2.05) is 0 Å². The predicted molar refractivity (Wildman–Crippen MR) is 58.3 cm³/mol. The molecule has 2 rings (SSSR count). The maximum Gasteiger partial charge on any atom is 0.331 e. The van der Waals surface area contributed by atoms with E-state index in [9.17, 15) is 9.59 Å². The van der Waals surface area contributed by atoms with E-state index in [2.05, 4.69) is 11.9 Å². The molecule has 0 heterocycles. The van der Waals surface area contributed by atoms with Crippen LogP contribution in [0.25, 0.3) is 0 Å². The summed E-state index contributed by atoms with van der Waals surface area (Å²) in [6.07, 6.45) is 6.40. The maximum absolute atomic E-state index is 12.0. The minimum absolute atomic E-state index is 0.0455. The van der Waals surface area contributed by atoms with Crippen LogP contribution in [0.4, 0.5) is 0 Å². The zero-order valence-corrected chi connectivity index (χ0v) is 9.33. The van der Waals surface area contributed by atoms with Gasteiger partial charge in [-0.1, -0.05) is 6.58 Å². The Hall–Kier alpha value is -1.32. The molecular weight excluding hydrogens is 206 g/mol. The monoisotopic (exact) mass is 223 g/mol. The molecule has 2 aliphatic carbocycles. The molecule has 0 aromatic rings. The van der Waals surface area contributed by atoms with Crippen molar-refractivity contribution >= 4 is 11.9 Å². The van der Waals surface area contributed by atoms with Crippen molar-refractivity contribution in [3.05, 3.63) is 12.7 Å². The second-order valence-electron chi connectivity index (χ2n) is 4.75. The van der Waals surface area contributed by atoms with Crippen molar-refractivity contribution in [1.82, 2.24) is 5.32 Å². The molecule has 88 valence electrons. The zero-order chi connectivity index (χ0) is 11.6. The van der Waals surface area contributed by atoms with Crippen molar-refractivity contribution in [2.75, 3.05) is 6.73 Å². The van der Waals surface area contributed by atoms with Crippen LogP contribution >= 0.6 is 0 Å². The van der Waals surface area contributed by atoms with Gasteiger partial charge in [-0.2, -0.15) is 0 Å². The molecule has 4 nitrogen and oxygen atoms in total. The van der Waals surface area contributed by atoms with Crippen LogP contribution in [-0.4, -0.2) is 18.6 Å². The lowest BCUT2D eigenvalue weighted by Crippen LogP contribution is -2.39. The average Bonchev–Trinajstić information content (AvgIpc) is 2.89. The number of fused-ring (bicyclic) bond motifs is 2. The molecule has 2 bridgehead atoms. The molecule has 4 heteroatoms. The number of amides is 1. The third-order valence-corrected chi connectivity index (χ3v) is 3.84. The van der Waals surface area contributed by atoms with E-state index in [-0.39, 0.29) is 18.1 Å². The summed E-state index contributed by atoms with van der Waals surface area (Å²) < 4.78 is 4.74. The molecule has 1 N–H and O–H groups in total. The molecule has 0 aromatic carbocycles. The number of hydrogen-bond donors (Lipinski definition) is 1. The summed E-state index contributed by atoms with van der Waals surface area (Å²) in [5.41, 5.74) is -0.161. The molecule has 0 atom stereocenters. The van der Waals surface area contributed by atoms with Crippen LogP contribution in [0.5, 0.6) is 0 Å². The van der Waals surface area contributed by atoms with Crippen molar-refractivity contribution in [2.24, 2.45) is 11.3 Å². The summed E-state index contributed by atoms with van der Waals surface area (Å²) in [5, 5.41) is 2.68. The summed E-state index contributed by atoms with van der Waals surface area (Å²) in [5.74, 6) is 0.277. The van der Waals surface area contributed by atoms with Crippen LogP contribution < -0.4 is 5.32 Å². The molecule has 0 spiro atoms. The van der Waals surface area contributed by atoms with E-state index in [1.54, 1.807) is 0 Å². The average molecular weight is 223 g/mol. The van der Waals surface area contributed by atoms with E-state index in [0.717, 1.165) is 31.3 Å². The molecule has 0 aliphatic heterocycles. The summed E-state index contributed by atoms with van der Waals surface area (Å²) in [4.78, 5) is 22.7. The predicted octanol–water partition coefficient (Wildman–Crippen LogP) is 1.37. The smallest absolute Gasteiger partial charge is 0.331 e. The van der Waals surface area contributed by atoms with E-state index >= 15 is 0 Å². The third-order valence-electron chi connectivity index (χ3n) is 3.84. The van der Waals surface area contributed by atoms with Crippen LogP contribution in [0.3, 0.4) is 0 Å². The number of rotatable bonds is 4. The fraction of sp³-hybridized carbons (Fsp3) is 0.667. The number of carbonyl (C=O) groups is 2. The molecule has 2 saturated carbocycles. The summed E-state index contributed by atoms with van der Waals surface area (Å²) in [7, 11) is 0. The Kier molecular flexibility index (Phi) is 2.99. The molecule has 2 aliphatic rings. The highest BCUT2D eigenvalue weighted by Gasteiger charge is 2.49. The van der Waals surface area contributed by atoms with Gasteiger partial charge in [0.25, 0.3) is 0 Å². The van der Waals surface area contributed by atoms with Gasteiger partial charge in [0.15, 0.2) is 6.73 Å². The number of nitrogens with one attached hydrogen (secondary N) is 1. The molecule has 0 aromatic heterocycles. The van der Waals surface area contributed by atoms with Gasteiger partial charge in [-0.15, -0.1) is 0 Å². The highest BCUT2D eigenvalue weighted by Crippen LogP contribution is 2.54. The first-order valence-corrected chi connectivity index (χ1v) is 5.74. The normalized spacial score (nSPS) is 31.1. The first-order chi connectivity index (χ1) is 7.66. The van der Waals surface area contributed by atoms with Crippen LogP contribution in [0.15, 0.2) is 12.7 Å². The topological polar surface area (TPSA) is 55.4 Å². The first-order valence-electron chi connectivity index (χ1n) is 5.74. The highest BCUT2D eigenvalue weighted by molar-refractivity contribution is 5.84. The lowest BCUT2D eigenvalue weighted by Gasteiger charge is -2.24. The lowest BCUT2D eigenvalue weighted by molar-refractivity contribution is -0.141. The Labute approximate surface area is 95.0 Å². The minimum atomic E-state index is -0.506. The third kappa shape index (κ3) is 1.96. The number of carbonyl (C=O) groups excluding carboxylic acids is 2. The van der Waals surface area contributed by atoms with Crippen molar-refractivity contribution < 1.29 is 14.3 Å². The number of esters is 1. The Morgan fingerprint density at radius 3 is 2.62 bits per heavy atom. The lowest BCUT2D eigenvalue weighted by atomic mass is 9.83. The van der Waals surface area contributed by atoms with E-state index < -0.39 is 5.97 Å². The fourth-order valence-corrected chi connectivity index (χ4v) is 2.93. The Morgan fingerprint density at radius 2 is 2.12 bits per heavy atom. The van der Waals surface area contributed by atoms with Gasteiger partial charge in [0.2, 0.25) is 5.91 Å². The van der Waals surface area contributed by atoms with E-state index in [1.165, 1.54) is 12.8 Å². The highest BCUT2D eigenvalue weighted by atomic mass is 16.5. The Balaban J connectivity index is 1.80. The van der Waals surface area contributed by atoms with Gasteiger partial charge >= 0.3 is 5.97 Å². The van der Waals surface area contributed by atoms with Crippen molar-refractivity contribution in [3.8, 4) is 0 Å². The molecule has 0 radical (unpaired) electrons. The summed E-state index contributed by atoms with van der Waals surface area (Å²) in [6, 6.07) is 0. The maximum atomic E-state index is 12.0. The molecule has 16 heavy (non-hydrogen) atoms. The van der Waals surface area contributed by atoms with Gasteiger partial charge in [-0.3, -0.25) is 4.79 Å². The number of hydrogen-bond acceptors (Lipinski definition) is 3. The fourth-order valence-electron chi connectivity index (χ4n) is 2.93. The molecule has 0 unspecified atom stereocenters. The van der Waals surface area contributed by atoms with Crippen LogP contribution in [0.2, 0.25) is 0 Å². The zero-order valence-electron chi connectivity index (χ0n) is 9.33. The van der Waals surface area contributed by atoms with Crippen LogP contribution in [0, 0.1) is 11.3 Å². The molecular formula is C12H17NO3. The van der Waals surface area contributed by atoms with Gasteiger partial charge in [-0.25, -0.2) is 4.79 Å². The Morgan fingerprint density at radius 1 is 1.44 bits per heavy atom. The molecule has 0 saturated heterocycles. The first kappa shape index (κ1) is 11.2. The minimum Gasteiger partial charge on any atom is -0.441 e. The van der Waals surface area contributed by atoms with Crippen molar-refractivity contribution in [3.63, 3.8) is 0 Å².